The zero-order chi connectivity index (χ0) is 11.6. The van der Waals surface area contributed by atoms with Crippen LogP contribution in [0.15, 0.2) is 0 Å². The Kier molecular flexibility index (Phi) is 3.77. The standard InChI is InChI=1S/C12H24N2O/c1-8-7-12(3,4)6-5-10(8)14-9(2)11(13)15/h8-10,14H,5-7H2,1-4H3,(H2,13,15). The minimum Gasteiger partial charge on any atom is -0.368 e. The van der Waals surface area contributed by atoms with Gasteiger partial charge in [0.15, 0.2) is 0 Å². The molecule has 88 valence electrons. The van der Waals surface area contributed by atoms with Crippen LogP contribution in [0.4, 0.5) is 0 Å². The van der Waals surface area contributed by atoms with E-state index in [0.717, 1.165) is 6.42 Å². The molecule has 3 atom stereocenters. The molecule has 0 bridgehead atoms. The fourth-order valence-electron chi connectivity index (χ4n) is 2.60. The van der Waals surface area contributed by atoms with Crippen molar-refractivity contribution in [2.45, 2.75) is 59.0 Å². The second-order valence-corrected chi connectivity index (χ2v) is 5.78. The summed E-state index contributed by atoms with van der Waals surface area (Å²) in [5.74, 6) is 0.364. The quantitative estimate of drug-likeness (QED) is 0.747. The van der Waals surface area contributed by atoms with Gasteiger partial charge in [-0.25, -0.2) is 0 Å². The van der Waals surface area contributed by atoms with Crippen molar-refractivity contribution < 1.29 is 4.79 Å². The van der Waals surface area contributed by atoms with Gasteiger partial charge in [0.05, 0.1) is 6.04 Å². The summed E-state index contributed by atoms with van der Waals surface area (Å²) in [7, 11) is 0. The predicted octanol–water partition coefficient (Wildman–Crippen LogP) is 1.66. The SMILES string of the molecule is CC(NC1CCC(C)(C)CC1C)C(N)=O. The van der Waals surface area contributed by atoms with E-state index < -0.39 is 0 Å². The Morgan fingerprint density at radius 3 is 2.60 bits per heavy atom. The monoisotopic (exact) mass is 212 g/mol. The van der Waals surface area contributed by atoms with Gasteiger partial charge in [0, 0.05) is 6.04 Å². The Bertz CT molecular complexity index is 238. The first kappa shape index (κ1) is 12.5. The van der Waals surface area contributed by atoms with Crippen LogP contribution in [0.3, 0.4) is 0 Å². The van der Waals surface area contributed by atoms with Crippen molar-refractivity contribution in [1.82, 2.24) is 5.32 Å². The van der Waals surface area contributed by atoms with E-state index >= 15 is 0 Å². The molecule has 0 aromatic heterocycles. The van der Waals surface area contributed by atoms with E-state index in [4.69, 9.17) is 5.73 Å². The second kappa shape index (κ2) is 4.52. The average molecular weight is 212 g/mol. The summed E-state index contributed by atoms with van der Waals surface area (Å²) in [5, 5.41) is 3.33. The zero-order valence-corrected chi connectivity index (χ0v) is 10.3. The highest BCUT2D eigenvalue weighted by molar-refractivity contribution is 5.79. The lowest BCUT2D eigenvalue weighted by atomic mass is 9.70. The van der Waals surface area contributed by atoms with E-state index in [1.54, 1.807) is 0 Å². The van der Waals surface area contributed by atoms with Gasteiger partial charge in [-0.05, 0) is 37.5 Å². The van der Waals surface area contributed by atoms with E-state index in [2.05, 4.69) is 26.1 Å². The highest BCUT2D eigenvalue weighted by Crippen LogP contribution is 2.38. The molecule has 1 rings (SSSR count). The molecule has 0 spiro atoms. The molecule has 0 saturated heterocycles. The van der Waals surface area contributed by atoms with Crippen molar-refractivity contribution in [1.29, 1.82) is 0 Å². The Hall–Kier alpha value is -0.570. The molecule has 3 N–H and O–H groups in total. The molecular weight excluding hydrogens is 188 g/mol. The molecule has 15 heavy (non-hydrogen) atoms. The highest BCUT2D eigenvalue weighted by Gasteiger charge is 2.33. The van der Waals surface area contributed by atoms with E-state index in [-0.39, 0.29) is 11.9 Å². The third-order valence-electron chi connectivity index (χ3n) is 3.58. The number of carbonyl (C=O) groups is 1. The molecule has 1 amide bonds. The fraction of sp³-hybridized carbons (Fsp3) is 0.917. The van der Waals surface area contributed by atoms with Gasteiger partial charge in [-0.15, -0.1) is 0 Å². The van der Waals surface area contributed by atoms with Gasteiger partial charge in [-0.2, -0.15) is 0 Å². The van der Waals surface area contributed by atoms with Gasteiger partial charge in [0.25, 0.3) is 0 Å². The molecule has 1 aliphatic carbocycles. The Balaban J connectivity index is 2.48. The zero-order valence-electron chi connectivity index (χ0n) is 10.3. The van der Waals surface area contributed by atoms with Gasteiger partial charge in [0.1, 0.15) is 0 Å². The number of primary amides is 1. The summed E-state index contributed by atoms with van der Waals surface area (Å²) in [6, 6.07) is 0.235. The molecule has 3 nitrogen and oxygen atoms in total. The van der Waals surface area contributed by atoms with Gasteiger partial charge < -0.3 is 11.1 Å². The van der Waals surface area contributed by atoms with Crippen molar-refractivity contribution in [3.8, 4) is 0 Å². The summed E-state index contributed by atoms with van der Waals surface area (Å²) in [6.07, 6.45) is 3.59. The van der Waals surface area contributed by atoms with E-state index in [9.17, 15) is 4.79 Å². The second-order valence-electron chi connectivity index (χ2n) is 5.78. The number of nitrogens with two attached hydrogens (primary N) is 1. The largest absolute Gasteiger partial charge is 0.368 e. The third-order valence-corrected chi connectivity index (χ3v) is 3.58. The van der Waals surface area contributed by atoms with Crippen LogP contribution in [0, 0.1) is 11.3 Å². The molecule has 1 fully saturated rings. The molecule has 3 unspecified atom stereocenters. The predicted molar refractivity (Wildman–Crippen MR) is 62.4 cm³/mol. The summed E-state index contributed by atoms with van der Waals surface area (Å²) < 4.78 is 0. The lowest BCUT2D eigenvalue weighted by Gasteiger charge is -2.40. The van der Waals surface area contributed by atoms with Crippen LogP contribution in [0.2, 0.25) is 0 Å². The number of hydrogen-bond donors (Lipinski definition) is 2. The normalized spacial score (nSPS) is 32.3. The lowest BCUT2D eigenvalue weighted by molar-refractivity contribution is -0.120. The van der Waals surface area contributed by atoms with Crippen molar-refractivity contribution in [2.75, 3.05) is 0 Å². The van der Waals surface area contributed by atoms with Gasteiger partial charge in [0.2, 0.25) is 5.91 Å². The first-order chi connectivity index (χ1) is 6.82. The Morgan fingerprint density at radius 2 is 2.13 bits per heavy atom. The first-order valence-electron chi connectivity index (χ1n) is 5.87. The summed E-state index contributed by atoms with van der Waals surface area (Å²) in [4.78, 5) is 11.0. The third kappa shape index (κ3) is 3.49. The number of nitrogens with one attached hydrogen (secondary N) is 1. The van der Waals surface area contributed by atoms with Crippen molar-refractivity contribution in [3.63, 3.8) is 0 Å². The smallest absolute Gasteiger partial charge is 0.234 e. The summed E-state index contributed by atoms with van der Waals surface area (Å²) >= 11 is 0. The maximum Gasteiger partial charge on any atom is 0.234 e. The Morgan fingerprint density at radius 1 is 1.53 bits per heavy atom. The molecule has 0 aromatic carbocycles. The molecular formula is C12H24N2O. The molecule has 0 aromatic rings. The minimum atomic E-state index is -0.257. The number of rotatable bonds is 3. The molecule has 1 saturated carbocycles. The van der Waals surface area contributed by atoms with Gasteiger partial charge in [-0.3, -0.25) is 4.79 Å². The van der Waals surface area contributed by atoms with Gasteiger partial charge >= 0.3 is 0 Å². The topological polar surface area (TPSA) is 55.1 Å². The Labute approximate surface area is 92.8 Å². The van der Waals surface area contributed by atoms with E-state index in [1.807, 2.05) is 6.92 Å². The number of hydrogen-bond acceptors (Lipinski definition) is 2. The molecule has 1 aliphatic rings. The van der Waals surface area contributed by atoms with Crippen molar-refractivity contribution in [3.05, 3.63) is 0 Å². The lowest BCUT2D eigenvalue weighted by Crippen LogP contribution is -2.49. The highest BCUT2D eigenvalue weighted by atomic mass is 16.1. The summed E-state index contributed by atoms with van der Waals surface area (Å²) in [6.45, 7) is 8.73. The van der Waals surface area contributed by atoms with Crippen molar-refractivity contribution >= 4 is 5.91 Å². The molecule has 3 heteroatoms. The molecule has 0 heterocycles. The van der Waals surface area contributed by atoms with Crippen LogP contribution in [0.1, 0.15) is 47.0 Å². The average Bonchev–Trinajstić information content (AvgIpc) is 2.08. The van der Waals surface area contributed by atoms with Crippen LogP contribution in [0.25, 0.3) is 0 Å². The number of carbonyl (C=O) groups excluding carboxylic acids is 1. The maximum absolute atomic E-state index is 11.0. The van der Waals surface area contributed by atoms with Crippen LogP contribution >= 0.6 is 0 Å². The fourth-order valence-corrected chi connectivity index (χ4v) is 2.60. The van der Waals surface area contributed by atoms with Crippen LogP contribution in [-0.4, -0.2) is 18.0 Å². The van der Waals surface area contributed by atoms with Crippen LogP contribution in [0.5, 0.6) is 0 Å². The minimum absolute atomic E-state index is 0.210. The molecule has 0 aliphatic heterocycles. The maximum atomic E-state index is 11.0. The number of amides is 1. The first-order valence-corrected chi connectivity index (χ1v) is 5.87. The van der Waals surface area contributed by atoms with E-state index in [0.29, 0.717) is 17.4 Å². The van der Waals surface area contributed by atoms with Crippen LogP contribution in [-0.2, 0) is 4.79 Å². The van der Waals surface area contributed by atoms with Gasteiger partial charge in [-0.1, -0.05) is 20.8 Å². The molecule has 0 radical (unpaired) electrons. The van der Waals surface area contributed by atoms with Crippen molar-refractivity contribution in [2.24, 2.45) is 17.1 Å². The van der Waals surface area contributed by atoms with E-state index in [1.165, 1.54) is 12.8 Å². The van der Waals surface area contributed by atoms with Crippen LogP contribution < -0.4 is 11.1 Å². The summed E-state index contributed by atoms with van der Waals surface area (Å²) in [5.41, 5.74) is 5.70.